The monoisotopic (exact) mass is 384 g/mol. The maximum atomic E-state index is 11.9. The molecule has 1 fully saturated rings. The van der Waals surface area contributed by atoms with Crippen LogP contribution in [0.1, 0.15) is 31.6 Å². The zero-order chi connectivity index (χ0) is 16.9. The number of nitrogens with two attached hydrogens (primary N) is 1. The van der Waals surface area contributed by atoms with Crippen molar-refractivity contribution >= 4 is 29.9 Å². The van der Waals surface area contributed by atoms with E-state index in [1.807, 2.05) is 12.1 Å². The topological polar surface area (TPSA) is 94.0 Å². The fraction of sp³-hybridized carbons (Fsp3) is 0.471. The summed E-state index contributed by atoms with van der Waals surface area (Å²) in [4.78, 5) is 16.3. The van der Waals surface area contributed by atoms with Gasteiger partial charge in [-0.25, -0.2) is 0 Å². The normalized spacial score (nSPS) is 14.6. The lowest BCUT2D eigenvalue weighted by Crippen LogP contribution is -2.41. The second kappa shape index (κ2) is 9.17. The van der Waals surface area contributed by atoms with Crippen LogP contribution in [-0.4, -0.2) is 28.6 Å². The Morgan fingerprint density at radius 1 is 1.36 bits per heavy atom. The number of halogens is 2. The maximum absolute atomic E-state index is 11.9. The maximum Gasteiger partial charge on any atom is 0.226 e. The first-order valence-electron chi connectivity index (χ1n) is 8.23. The summed E-state index contributed by atoms with van der Waals surface area (Å²) < 4.78 is 5.24. The summed E-state index contributed by atoms with van der Waals surface area (Å²) in [6, 6.07) is 7.37. The van der Waals surface area contributed by atoms with Crippen LogP contribution < -0.4 is 11.1 Å². The zero-order valence-electron chi connectivity index (χ0n) is 13.8. The first-order chi connectivity index (χ1) is 11.7. The van der Waals surface area contributed by atoms with E-state index in [0.717, 1.165) is 18.4 Å². The molecule has 8 heteroatoms. The molecule has 1 aliphatic carbocycles. The fourth-order valence-electron chi connectivity index (χ4n) is 2.62. The van der Waals surface area contributed by atoms with Crippen LogP contribution in [0.25, 0.3) is 11.4 Å². The molecular weight excluding hydrogens is 363 g/mol. The van der Waals surface area contributed by atoms with Crippen LogP contribution in [0.2, 0.25) is 5.02 Å². The highest BCUT2D eigenvalue weighted by molar-refractivity contribution is 6.30. The Morgan fingerprint density at radius 2 is 2.08 bits per heavy atom. The van der Waals surface area contributed by atoms with Gasteiger partial charge in [0.1, 0.15) is 0 Å². The minimum Gasteiger partial charge on any atom is -0.352 e. The Kier molecular flexibility index (Phi) is 7.23. The molecule has 1 saturated carbocycles. The van der Waals surface area contributed by atoms with Crippen LogP contribution in [0, 0.1) is 5.92 Å². The number of benzene rings is 1. The first-order valence-corrected chi connectivity index (χ1v) is 8.61. The number of nitrogens with zero attached hydrogens (tertiary/aromatic N) is 2. The molecule has 6 nitrogen and oxygen atoms in total. The minimum absolute atomic E-state index is 0. The molecule has 1 unspecified atom stereocenters. The summed E-state index contributed by atoms with van der Waals surface area (Å²) in [7, 11) is 0. The van der Waals surface area contributed by atoms with E-state index in [9.17, 15) is 4.79 Å². The molecule has 0 saturated heterocycles. The van der Waals surface area contributed by atoms with Gasteiger partial charge in [0.05, 0.1) is 0 Å². The van der Waals surface area contributed by atoms with Gasteiger partial charge < -0.3 is 15.6 Å². The van der Waals surface area contributed by atoms with Crippen LogP contribution in [0.3, 0.4) is 0 Å². The molecule has 1 aromatic carbocycles. The Bertz CT molecular complexity index is 686. The van der Waals surface area contributed by atoms with E-state index in [2.05, 4.69) is 15.5 Å². The van der Waals surface area contributed by atoms with Crippen molar-refractivity contribution in [1.82, 2.24) is 15.5 Å². The summed E-state index contributed by atoms with van der Waals surface area (Å²) >= 11 is 5.86. The Hall–Kier alpha value is -1.63. The second-order valence-corrected chi connectivity index (χ2v) is 6.56. The highest BCUT2D eigenvalue weighted by atomic mass is 35.5. The molecule has 0 bridgehead atoms. The van der Waals surface area contributed by atoms with Gasteiger partial charge in [-0.15, -0.1) is 12.4 Å². The quantitative estimate of drug-likeness (QED) is 0.729. The molecule has 0 radical (unpaired) electrons. The molecule has 3 rings (SSSR count). The van der Waals surface area contributed by atoms with E-state index in [1.165, 1.54) is 0 Å². The van der Waals surface area contributed by atoms with Crippen molar-refractivity contribution in [2.75, 3.05) is 6.54 Å². The lowest BCUT2D eigenvalue weighted by atomic mass is 10.1. The molecule has 136 valence electrons. The Balaban J connectivity index is 0.00000225. The zero-order valence-corrected chi connectivity index (χ0v) is 15.4. The highest BCUT2D eigenvalue weighted by Gasteiger charge is 2.31. The number of aryl methyl sites for hydroxylation is 1. The van der Waals surface area contributed by atoms with E-state index >= 15 is 0 Å². The van der Waals surface area contributed by atoms with Crippen molar-refractivity contribution < 1.29 is 9.32 Å². The highest BCUT2D eigenvalue weighted by Crippen LogP contribution is 2.32. The van der Waals surface area contributed by atoms with Crippen molar-refractivity contribution in [2.24, 2.45) is 11.7 Å². The number of hydrogen-bond donors (Lipinski definition) is 2. The van der Waals surface area contributed by atoms with Crippen LogP contribution >= 0.6 is 24.0 Å². The molecule has 1 amide bonds. The first kappa shape index (κ1) is 19.7. The van der Waals surface area contributed by atoms with Crippen LogP contribution in [-0.2, 0) is 11.2 Å². The van der Waals surface area contributed by atoms with E-state index in [1.54, 1.807) is 12.1 Å². The number of carbonyl (C=O) groups is 1. The van der Waals surface area contributed by atoms with E-state index < -0.39 is 0 Å². The van der Waals surface area contributed by atoms with Gasteiger partial charge in [0, 0.05) is 36.0 Å². The number of hydrogen-bond acceptors (Lipinski definition) is 5. The summed E-state index contributed by atoms with van der Waals surface area (Å²) in [5, 5.41) is 7.63. The SMILES string of the molecule is Cl.NCC(NC(=O)CCCc1nc(-c2ccc(Cl)cc2)no1)C1CC1. The number of aromatic nitrogens is 2. The third kappa shape index (κ3) is 5.70. The van der Waals surface area contributed by atoms with Crippen LogP contribution in [0.5, 0.6) is 0 Å². The lowest BCUT2D eigenvalue weighted by molar-refractivity contribution is -0.122. The number of carbonyl (C=O) groups excluding carboxylic acids is 1. The van der Waals surface area contributed by atoms with E-state index in [-0.39, 0.29) is 24.4 Å². The van der Waals surface area contributed by atoms with Gasteiger partial charge in [0.25, 0.3) is 0 Å². The van der Waals surface area contributed by atoms with Gasteiger partial charge in [0.15, 0.2) is 0 Å². The molecule has 0 spiro atoms. The molecule has 0 aliphatic heterocycles. The van der Waals surface area contributed by atoms with Gasteiger partial charge >= 0.3 is 0 Å². The fourth-order valence-corrected chi connectivity index (χ4v) is 2.75. The molecule has 1 atom stereocenters. The van der Waals surface area contributed by atoms with Crippen molar-refractivity contribution in [3.8, 4) is 11.4 Å². The summed E-state index contributed by atoms with van der Waals surface area (Å²) in [6.45, 7) is 0.504. The number of nitrogens with one attached hydrogen (secondary N) is 1. The summed E-state index contributed by atoms with van der Waals surface area (Å²) in [5.74, 6) is 1.67. The largest absolute Gasteiger partial charge is 0.352 e. The lowest BCUT2D eigenvalue weighted by Gasteiger charge is -2.15. The molecule has 2 aromatic rings. The van der Waals surface area contributed by atoms with Crippen LogP contribution in [0.4, 0.5) is 0 Å². The standard InChI is InChI=1S/C17H21ClN4O2.ClH/c18-13-8-6-12(7-9-13)17-21-16(24-22-17)3-1-2-15(23)20-14(10-19)11-4-5-11;/h6-9,11,14H,1-5,10,19H2,(H,20,23);1H. The molecule has 1 heterocycles. The van der Waals surface area contributed by atoms with Crippen molar-refractivity contribution in [3.05, 3.63) is 35.2 Å². The third-order valence-electron chi connectivity index (χ3n) is 4.16. The van der Waals surface area contributed by atoms with E-state index in [4.69, 9.17) is 21.9 Å². The van der Waals surface area contributed by atoms with E-state index in [0.29, 0.717) is 48.5 Å². The van der Waals surface area contributed by atoms with Gasteiger partial charge in [-0.3, -0.25) is 4.79 Å². The Labute approximate surface area is 157 Å². The average molecular weight is 385 g/mol. The third-order valence-corrected chi connectivity index (χ3v) is 4.41. The van der Waals surface area contributed by atoms with Crippen molar-refractivity contribution in [2.45, 2.75) is 38.1 Å². The van der Waals surface area contributed by atoms with Gasteiger partial charge in [0.2, 0.25) is 17.6 Å². The minimum atomic E-state index is 0. The molecule has 25 heavy (non-hydrogen) atoms. The smallest absolute Gasteiger partial charge is 0.226 e. The number of rotatable bonds is 8. The molecule has 3 N–H and O–H groups in total. The predicted octanol–water partition coefficient (Wildman–Crippen LogP) is 2.99. The van der Waals surface area contributed by atoms with Crippen molar-refractivity contribution in [3.63, 3.8) is 0 Å². The van der Waals surface area contributed by atoms with Gasteiger partial charge in [-0.2, -0.15) is 4.98 Å². The van der Waals surface area contributed by atoms with Gasteiger partial charge in [-0.1, -0.05) is 16.8 Å². The molecular formula is C17H22Cl2N4O2. The molecule has 1 aliphatic rings. The molecule has 1 aromatic heterocycles. The van der Waals surface area contributed by atoms with Gasteiger partial charge in [-0.05, 0) is 49.4 Å². The van der Waals surface area contributed by atoms with Crippen LogP contribution in [0.15, 0.2) is 28.8 Å². The van der Waals surface area contributed by atoms with Crippen molar-refractivity contribution in [1.29, 1.82) is 0 Å². The summed E-state index contributed by atoms with van der Waals surface area (Å²) in [6.07, 6.45) is 4.00. The summed E-state index contributed by atoms with van der Waals surface area (Å²) in [5.41, 5.74) is 6.54. The second-order valence-electron chi connectivity index (χ2n) is 6.12. The Morgan fingerprint density at radius 3 is 2.72 bits per heavy atom. The average Bonchev–Trinajstić information content (AvgIpc) is 3.32. The number of amides is 1. The predicted molar refractivity (Wildman–Crippen MR) is 98.6 cm³/mol.